The Balaban J connectivity index is 1.79. The first-order valence-electron chi connectivity index (χ1n) is 6.69. The van der Waals surface area contributed by atoms with E-state index in [2.05, 4.69) is 15.3 Å². The van der Waals surface area contributed by atoms with Crippen LogP contribution in [0.25, 0.3) is 0 Å². The highest BCUT2D eigenvalue weighted by atomic mass is 16.5. The van der Waals surface area contributed by atoms with Crippen molar-refractivity contribution in [2.75, 3.05) is 5.32 Å². The number of hydrogen-bond acceptors (Lipinski definition) is 4. The number of ether oxygens (including phenoxy) is 1. The quantitative estimate of drug-likeness (QED) is 0.771. The zero-order chi connectivity index (χ0) is 14.5. The van der Waals surface area contributed by atoms with Gasteiger partial charge < -0.3 is 10.1 Å². The molecule has 0 radical (unpaired) electrons. The lowest BCUT2D eigenvalue weighted by Crippen LogP contribution is -1.97. The largest absolute Gasteiger partial charge is 0.457 e. The minimum absolute atomic E-state index is 0.745. The molecule has 0 aliphatic carbocycles. The van der Waals surface area contributed by atoms with E-state index in [-0.39, 0.29) is 0 Å². The summed E-state index contributed by atoms with van der Waals surface area (Å²) < 4.78 is 5.81. The molecule has 0 saturated carbocycles. The highest BCUT2D eigenvalue weighted by molar-refractivity contribution is 5.59. The van der Waals surface area contributed by atoms with Crippen molar-refractivity contribution in [2.24, 2.45) is 0 Å². The van der Waals surface area contributed by atoms with E-state index < -0.39 is 0 Å². The van der Waals surface area contributed by atoms with E-state index in [0.717, 1.165) is 28.7 Å². The predicted octanol–water partition coefficient (Wildman–Crippen LogP) is 4.32. The molecule has 0 fully saturated rings. The number of hydrogen-bond donors (Lipinski definition) is 1. The Bertz CT molecular complexity index is 729. The average Bonchev–Trinajstić information content (AvgIpc) is 2.51. The summed E-state index contributed by atoms with van der Waals surface area (Å²) in [5.41, 5.74) is 1.76. The molecule has 4 heteroatoms. The van der Waals surface area contributed by atoms with Gasteiger partial charge >= 0.3 is 0 Å². The van der Waals surface area contributed by atoms with Crippen molar-refractivity contribution < 1.29 is 4.74 Å². The van der Waals surface area contributed by atoms with Gasteiger partial charge in [-0.05, 0) is 31.2 Å². The third kappa shape index (κ3) is 3.36. The first-order valence-corrected chi connectivity index (χ1v) is 6.69. The Hall–Kier alpha value is -2.88. The number of aryl methyl sites for hydroxylation is 1. The summed E-state index contributed by atoms with van der Waals surface area (Å²) >= 11 is 0. The summed E-state index contributed by atoms with van der Waals surface area (Å²) in [5.74, 6) is 2.33. The Morgan fingerprint density at radius 2 is 1.62 bits per heavy atom. The summed E-state index contributed by atoms with van der Waals surface area (Å²) in [4.78, 5) is 8.48. The third-order valence-electron chi connectivity index (χ3n) is 2.96. The zero-order valence-electron chi connectivity index (χ0n) is 11.7. The third-order valence-corrected chi connectivity index (χ3v) is 2.96. The van der Waals surface area contributed by atoms with E-state index in [4.69, 9.17) is 4.74 Å². The van der Waals surface area contributed by atoms with Gasteiger partial charge in [0.25, 0.3) is 0 Å². The SMILES string of the molecule is Cc1nccnc1Nc1cccc(Oc2ccccc2)c1. The molecule has 0 spiro atoms. The van der Waals surface area contributed by atoms with Gasteiger partial charge in [-0.15, -0.1) is 0 Å². The second-order valence-corrected chi connectivity index (χ2v) is 4.56. The first-order chi connectivity index (χ1) is 10.3. The topological polar surface area (TPSA) is 47.0 Å². The van der Waals surface area contributed by atoms with E-state index in [1.54, 1.807) is 12.4 Å². The average molecular weight is 277 g/mol. The molecule has 3 aromatic rings. The highest BCUT2D eigenvalue weighted by Crippen LogP contribution is 2.25. The maximum atomic E-state index is 5.81. The molecule has 1 aromatic heterocycles. The van der Waals surface area contributed by atoms with Crippen LogP contribution in [0, 0.1) is 6.92 Å². The van der Waals surface area contributed by atoms with Gasteiger partial charge in [0.2, 0.25) is 0 Å². The number of aromatic nitrogens is 2. The molecule has 4 nitrogen and oxygen atoms in total. The summed E-state index contributed by atoms with van der Waals surface area (Å²) in [6, 6.07) is 17.4. The van der Waals surface area contributed by atoms with Crippen molar-refractivity contribution in [1.29, 1.82) is 0 Å². The normalized spacial score (nSPS) is 10.1. The van der Waals surface area contributed by atoms with Gasteiger partial charge in [0.05, 0.1) is 5.69 Å². The van der Waals surface area contributed by atoms with Crippen molar-refractivity contribution >= 4 is 11.5 Å². The Kier molecular flexibility index (Phi) is 3.78. The predicted molar refractivity (Wildman–Crippen MR) is 83.0 cm³/mol. The van der Waals surface area contributed by atoms with Gasteiger partial charge in [0.1, 0.15) is 11.5 Å². The standard InChI is InChI=1S/C17H15N3O/c1-13-17(19-11-10-18-13)20-14-6-5-9-16(12-14)21-15-7-3-2-4-8-15/h2-12H,1H3,(H,19,20). The van der Waals surface area contributed by atoms with Crippen LogP contribution in [0.15, 0.2) is 67.0 Å². The van der Waals surface area contributed by atoms with Gasteiger partial charge in [-0.3, -0.25) is 4.98 Å². The summed E-state index contributed by atoms with van der Waals surface area (Å²) in [6.07, 6.45) is 3.34. The lowest BCUT2D eigenvalue weighted by atomic mass is 10.3. The van der Waals surface area contributed by atoms with Crippen molar-refractivity contribution in [1.82, 2.24) is 9.97 Å². The Morgan fingerprint density at radius 3 is 2.43 bits per heavy atom. The summed E-state index contributed by atoms with van der Waals surface area (Å²) in [7, 11) is 0. The number of nitrogens with zero attached hydrogens (tertiary/aromatic N) is 2. The monoisotopic (exact) mass is 277 g/mol. The zero-order valence-corrected chi connectivity index (χ0v) is 11.7. The number of benzene rings is 2. The van der Waals surface area contributed by atoms with Crippen molar-refractivity contribution in [3.05, 3.63) is 72.7 Å². The molecular formula is C17H15N3O. The molecule has 0 aliphatic rings. The van der Waals surface area contributed by atoms with Gasteiger partial charge in [0.15, 0.2) is 5.82 Å². The number of para-hydroxylation sites is 1. The molecule has 0 bridgehead atoms. The minimum atomic E-state index is 0.745. The Labute approximate surface area is 123 Å². The lowest BCUT2D eigenvalue weighted by molar-refractivity contribution is 0.483. The van der Waals surface area contributed by atoms with E-state index in [1.165, 1.54) is 0 Å². The van der Waals surface area contributed by atoms with Crippen LogP contribution in [0.2, 0.25) is 0 Å². The summed E-state index contributed by atoms with van der Waals surface area (Å²) in [6.45, 7) is 1.92. The molecule has 2 aromatic carbocycles. The number of nitrogens with one attached hydrogen (secondary N) is 1. The fourth-order valence-corrected chi connectivity index (χ4v) is 1.93. The molecule has 1 heterocycles. The molecule has 1 N–H and O–H groups in total. The van der Waals surface area contributed by atoms with E-state index in [9.17, 15) is 0 Å². The molecule has 0 saturated heterocycles. The lowest BCUT2D eigenvalue weighted by Gasteiger charge is -2.10. The highest BCUT2D eigenvalue weighted by Gasteiger charge is 2.02. The van der Waals surface area contributed by atoms with Crippen LogP contribution in [0.1, 0.15) is 5.69 Å². The number of anilines is 2. The van der Waals surface area contributed by atoms with Gasteiger partial charge in [-0.25, -0.2) is 4.98 Å². The van der Waals surface area contributed by atoms with Gasteiger partial charge in [-0.2, -0.15) is 0 Å². The molecule has 0 amide bonds. The maximum absolute atomic E-state index is 5.81. The fourth-order valence-electron chi connectivity index (χ4n) is 1.93. The van der Waals surface area contributed by atoms with Gasteiger partial charge in [0, 0.05) is 24.1 Å². The molecule has 0 unspecified atom stereocenters. The molecule has 21 heavy (non-hydrogen) atoms. The van der Waals surface area contributed by atoms with Gasteiger partial charge in [-0.1, -0.05) is 24.3 Å². The first kappa shape index (κ1) is 13.1. The van der Waals surface area contributed by atoms with Crippen LogP contribution in [-0.2, 0) is 0 Å². The second kappa shape index (κ2) is 6.05. The molecule has 0 aliphatic heterocycles. The van der Waals surface area contributed by atoms with Crippen LogP contribution < -0.4 is 10.1 Å². The molecule has 104 valence electrons. The van der Waals surface area contributed by atoms with E-state index in [0.29, 0.717) is 0 Å². The second-order valence-electron chi connectivity index (χ2n) is 4.56. The number of rotatable bonds is 4. The maximum Gasteiger partial charge on any atom is 0.151 e. The van der Waals surface area contributed by atoms with E-state index in [1.807, 2.05) is 61.5 Å². The van der Waals surface area contributed by atoms with E-state index >= 15 is 0 Å². The van der Waals surface area contributed by atoms with Crippen molar-refractivity contribution in [2.45, 2.75) is 6.92 Å². The van der Waals surface area contributed by atoms with Crippen LogP contribution in [-0.4, -0.2) is 9.97 Å². The fraction of sp³-hybridized carbons (Fsp3) is 0.0588. The smallest absolute Gasteiger partial charge is 0.151 e. The van der Waals surface area contributed by atoms with Crippen LogP contribution in [0.4, 0.5) is 11.5 Å². The molecule has 0 atom stereocenters. The Morgan fingerprint density at radius 1 is 0.857 bits per heavy atom. The van der Waals surface area contributed by atoms with Crippen molar-refractivity contribution in [3.8, 4) is 11.5 Å². The van der Waals surface area contributed by atoms with Crippen LogP contribution >= 0.6 is 0 Å². The molecule has 3 rings (SSSR count). The minimum Gasteiger partial charge on any atom is -0.457 e. The molecular weight excluding hydrogens is 262 g/mol. The van der Waals surface area contributed by atoms with Crippen LogP contribution in [0.3, 0.4) is 0 Å². The summed E-state index contributed by atoms with van der Waals surface area (Å²) in [5, 5.41) is 3.24. The van der Waals surface area contributed by atoms with Crippen molar-refractivity contribution in [3.63, 3.8) is 0 Å². The van der Waals surface area contributed by atoms with Crippen LogP contribution in [0.5, 0.6) is 11.5 Å².